The molecule has 0 unspecified atom stereocenters. The lowest BCUT2D eigenvalue weighted by Crippen LogP contribution is -2.48. The van der Waals surface area contributed by atoms with Crippen LogP contribution in [0.25, 0.3) is 0 Å². The van der Waals surface area contributed by atoms with Gasteiger partial charge >= 0.3 is 0 Å². The van der Waals surface area contributed by atoms with Gasteiger partial charge in [-0.15, -0.1) is 0 Å². The zero-order chi connectivity index (χ0) is 13.7. The SMILES string of the molecule is CN(CC1C2CC3CC(C2)CC1C3)c1ccnc(N)c1. The summed E-state index contributed by atoms with van der Waals surface area (Å²) in [6.07, 6.45) is 9.37. The third kappa shape index (κ3) is 2.07. The van der Waals surface area contributed by atoms with Crippen molar-refractivity contribution in [1.82, 2.24) is 4.98 Å². The molecule has 0 spiro atoms. The molecule has 5 rings (SSSR count). The number of aromatic nitrogens is 1. The van der Waals surface area contributed by atoms with Gasteiger partial charge in [-0.3, -0.25) is 0 Å². The maximum absolute atomic E-state index is 5.81. The van der Waals surface area contributed by atoms with Crippen molar-refractivity contribution in [2.24, 2.45) is 29.6 Å². The minimum Gasteiger partial charge on any atom is -0.384 e. The fraction of sp³-hybridized carbons (Fsp3) is 0.706. The number of nitrogens with zero attached hydrogens (tertiary/aromatic N) is 2. The highest BCUT2D eigenvalue weighted by Gasteiger charge is 2.48. The Morgan fingerprint density at radius 3 is 2.40 bits per heavy atom. The summed E-state index contributed by atoms with van der Waals surface area (Å²) < 4.78 is 0. The highest BCUT2D eigenvalue weighted by Crippen LogP contribution is 2.56. The Labute approximate surface area is 121 Å². The van der Waals surface area contributed by atoms with Gasteiger partial charge in [0.05, 0.1) is 0 Å². The summed E-state index contributed by atoms with van der Waals surface area (Å²) in [5.74, 6) is 5.65. The average Bonchev–Trinajstić information content (AvgIpc) is 2.42. The lowest BCUT2D eigenvalue weighted by Gasteiger charge is -2.55. The molecule has 1 heterocycles. The molecule has 4 bridgehead atoms. The number of pyridine rings is 1. The second-order valence-electron chi connectivity index (χ2n) is 7.41. The summed E-state index contributed by atoms with van der Waals surface area (Å²) in [6, 6.07) is 4.07. The number of hydrogen-bond acceptors (Lipinski definition) is 3. The first kappa shape index (κ1) is 12.5. The van der Waals surface area contributed by atoms with E-state index in [4.69, 9.17) is 5.73 Å². The van der Waals surface area contributed by atoms with Crippen molar-refractivity contribution in [3.8, 4) is 0 Å². The molecular formula is C17H25N3. The van der Waals surface area contributed by atoms with Crippen molar-refractivity contribution in [3.05, 3.63) is 18.3 Å². The molecule has 4 aliphatic carbocycles. The fourth-order valence-corrected chi connectivity index (χ4v) is 5.43. The smallest absolute Gasteiger partial charge is 0.125 e. The Morgan fingerprint density at radius 1 is 1.15 bits per heavy atom. The van der Waals surface area contributed by atoms with Crippen LogP contribution in [0, 0.1) is 29.6 Å². The Morgan fingerprint density at radius 2 is 1.80 bits per heavy atom. The van der Waals surface area contributed by atoms with Crippen LogP contribution in [0.5, 0.6) is 0 Å². The van der Waals surface area contributed by atoms with E-state index < -0.39 is 0 Å². The van der Waals surface area contributed by atoms with Crippen LogP contribution < -0.4 is 10.6 Å². The summed E-state index contributed by atoms with van der Waals surface area (Å²) in [5.41, 5.74) is 7.02. The zero-order valence-corrected chi connectivity index (χ0v) is 12.3. The van der Waals surface area contributed by atoms with Gasteiger partial charge in [-0.05, 0) is 67.8 Å². The lowest BCUT2D eigenvalue weighted by atomic mass is 9.52. The van der Waals surface area contributed by atoms with Crippen LogP contribution in [0.1, 0.15) is 32.1 Å². The van der Waals surface area contributed by atoms with Crippen molar-refractivity contribution in [3.63, 3.8) is 0 Å². The Kier molecular flexibility index (Phi) is 2.90. The lowest BCUT2D eigenvalue weighted by molar-refractivity contribution is -0.0325. The van der Waals surface area contributed by atoms with Crippen LogP contribution in [0.2, 0.25) is 0 Å². The Bertz CT molecular complexity index is 471. The average molecular weight is 271 g/mol. The van der Waals surface area contributed by atoms with Crippen LogP contribution in [-0.2, 0) is 0 Å². The van der Waals surface area contributed by atoms with Crippen LogP contribution >= 0.6 is 0 Å². The van der Waals surface area contributed by atoms with E-state index in [1.807, 2.05) is 12.3 Å². The second-order valence-corrected chi connectivity index (χ2v) is 7.41. The highest BCUT2D eigenvalue weighted by atomic mass is 15.1. The molecule has 3 nitrogen and oxygen atoms in total. The van der Waals surface area contributed by atoms with E-state index in [1.54, 1.807) is 0 Å². The summed E-state index contributed by atoms with van der Waals surface area (Å²) in [4.78, 5) is 6.49. The second kappa shape index (κ2) is 4.64. The van der Waals surface area contributed by atoms with E-state index in [2.05, 4.69) is 23.0 Å². The van der Waals surface area contributed by atoms with Gasteiger partial charge in [-0.2, -0.15) is 0 Å². The molecular weight excluding hydrogens is 246 g/mol. The maximum Gasteiger partial charge on any atom is 0.125 e. The summed E-state index contributed by atoms with van der Waals surface area (Å²) in [6.45, 7) is 1.19. The van der Waals surface area contributed by atoms with E-state index >= 15 is 0 Å². The number of rotatable bonds is 3. The normalized spacial score (nSPS) is 38.1. The third-order valence-electron chi connectivity index (χ3n) is 6.11. The molecule has 0 amide bonds. The first-order chi connectivity index (χ1) is 9.69. The first-order valence-electron chi connectivity index (χ1n) is 8.11. The minimum absolute atomic E-state index is 0.624. The van der Waals surface area contributed by atoms with Crippen LogP contribution in [-0.4, -0.2) is 18.6 Å². The number of nitrogens with two attached hydrogens (primary N) is 1. The minimum atomic E-state index is 0.624. The molecule has 4 fully saturated rings. The fourth-order valence-electron chi connectivity index (χ4n) is 5.43. The molecule has 0 aromatic carbocycles. The van der Waals surface area contributed by atoms with Gasteiger partial charge in [0.2, 0.25) is 0 Å². The van der Waals surface area contributed by atoms with Gasteiger partial charge in [0.15, 0.2) is 0 Å². The first-order valence-corrected chi connectivity index (χ1v) is 8.11. The largest absolute Gasteiger partial charge is 0.384 e. The van der Waals surface area contributed by atoms with Crippen LogP contribution in [0.3, 0.4) is 0 Å². The molecule has 0 saturated heterocycles. The summed E-state index contributed by atoms with van der Waals surface area (Å²) >= 11 is 0. The van der Waals surface area contributed by atoms with Gasteiger partial charge in [0.25, 0.3) is 0 Å². The molecule has 2 N–H and O–H groups in total. The summed E-state index contributed by atoms with van der Waals surface area (Å²) in [5, 5.41) is 0. The van der Waals surface area contributed by atoms with Crippen LogP contribution in [0.15, 0.2) is 18.3 Å². The molecule has 3 heteroatoms. The van der Waals surface area contributed by atoms with Crippen molar-refractivity contribution >= 4 is 11.5 Å². The quantitative estimate of drug-likeness (QED) is 0.918. The standard InChI is InChI=1S/C17H25N3/c1-20(15-2-3-19-17(18)9-15)10-16-13-5-11-4-12(7-13)8-14(16)6-11/h2-3,9,11-14,16H,4-8,10H2,1H3,(H2,18,19). The predicted molar refractivity (Wildman–Crippen MR) is 82.5 cm³/mol. The highest BCUT2D eigenvalue weighted by molar-refractivity contribution is 5.51. The molecule has 1 aromatic heterocycles. The molecule has 1 aromatic rings. The number of nitrogen functional groups attached to an aromatic ring is 1. The van der Waals surface area contributed by atoms with E-state index in [9.17, 15) is 0 Å². The maximum atomic E-state index is 5.81. The molecule has 0 atom stereocenters. The zero-order valence-electron chi connectivity index (χ0n) is 12.3. The van der Waals surface area contributed by atoms with Gasteiger partial charge in [0.1, 0.15) is 5.82 Å². The molecule has 4 saturated carbocycles. The Hall–Kier alpha value is -1.25. The molecule has 20 heavy (non-hydrogen) atoms. The van der Waals surface area contributed by atoms with E-state index in [-0.39, 0.29) is 0 Å². The van der Waals surface area contributed by atoms with E-state index in [0.29, 0.717) is 5.82 Å². The third-order valence-corrected chi connectivity index (χ3v) is 6.11. The summed E-state index contributed by atoms with van der Waals surface area (Å²) in [7, 11) is 2.21. The monoisotopic (exact) mass is 271 g/mol. The van der Waals surface area contributed by atoms with Gasteiger partial charge in [-0.25, -0.2) is 4.98 Å². The molecule has 4 aliphatic rings. The van der Waals surface area contributed by atoms with Gasteiger partial charge in [-0.1, -0.05) is 0 Å². The molecule has 108 valence electrons. The number of anilines is 2. The number of hydrogen-bond donors (Lipinski definition) is 1. The van der Waals surface area contributed by atoms with Gasteiger partial charge < -0.3 is 10.6 Å². The molecule has 0 aliphatic heterocycles. The van der Waals surface area contributed by atoms with Crippen molar-refractivity contribution in [2.75, 3.05) is 24.2 Å². The van der Waals surface area contributed by atoms with Crippen molar-refractivity contribution in [2.45, 2.75) is 32.1 Å². The van der Waals surface area contributed by atoms with Crippen LogP contribution in [0.4, 0.5) is 11.5 Å². The predicted octanol–water partition coefficient (Wildman–Crippen LogP) is 3.17. The van der Waals surface area contributed by atoms with Crippen molar-refractivity contribution in [1.29, 1.82) is 0 Å². The topological polar surface area (TPSA) is 42.2 Å². The Balaban J connectivity index is 1.49. The van der Waals surface area contributed by atoms with E-state index in [0.717, 1.165) is 29.6 Å². The van der Waals surface area contributed by atoms with Gasteiger partial charge in [0, 0.05) is 31.5 Å². The van der Waals surface area contributed by atoms with E-state index in [1.165, 1.54) is 44.3 Å². The molecule has 0 radical (unpaired) electrons. The van der Waals surface area contributed by atoms with Crippen molar-refractivity contribution < 1.29 is 0 Å².